The molecule has 36 heavy (non-hydrogen) atoms. The molecule has 8 nitrogen and oxygen atoms in total. The molecule has 0 radical (unpaired) electrons. The van der Waals surface area contributed by atoms with Crippen molar-refractivity contribution in [1.29, 1.82) is 0 Å². The van der Waals surface area contributed by atoms with Crippen molar-refractivity contribution in [2.75, 3.05) is 26.5 Å². The van der Waals surface area contributed by atoms with Gasteiger partial charge in [0.05, 0.1) is 19.1 Å². The first-order chi connectivity index (χ1) is 17.3. The molecule has 192 valence electrons. The van der Waals surface area contributed by atoms with E-state index in [9.17, 15) is 13.5 Å². The van der Waals surface area contributed by atoms with Gasteiger partial charge in [-0.2, -0.15) is 4.31 Å². The molecule has 2 N–H and O–H groups in total. The fourth-order valence-electron chi connectivity index (χ4n) is 4.63. The zero-order valence-corrected chi connectivity index (χ0v) is 21.7. The van der Waals surface area contributed by atoms with Crippen molar-refractivity contribution in [3.63, 3.8) is 0 Å². The topological polar surface area (TPSA) is 105 Å². The molecule has 2 aromatic carbocycles. The molecule has 0 aliphatic carbocycles. The van der Waals surface area contributed by atoms with E-state index >= 15 is 0 Å². The summed E-state index contributed by atoms with van der Waals surface area (Å²) in [7, 11) is -1.79. The average Bonchev–Trinajstić information content (AvgIpc) is 2.88. The Morgan fingerprint density at radius 2 is 1.89 bits per heavy atom. The van der Waals surface area contributed by atoms with E-state index in [0.717, 1.165) is 67.0 Å². The minimum atomic E-state index is -3.33. The molecule has 2 heterocycles. The molecule has 0 amide bonds. The minimum Gasteiger partial charge on any atom is -0.504 e. The van der Waals surface area contributed by atoms with E-state index in [1.165, 1.54) is 6.26 Å². The number of hydrogen-bond donors (Lipinski definition) is 2. The smallest absolute Gasteiger partial charge is 0.211 e. The summed E-state index contributed by atoms with van der Waals surface area (Å²) in [6.07, 6.45) is 7.09. The van der Waals surface area contributed by atoms with E-state index in [0.29, 0.717) is 18.7 Å². The number of ether oxygens (including phenoxy) is 1. The zero-order valence-electron chi connectivity index (χ0n) is 20.9. The summed E-state index contributed by atoms with van der Waals surface area (Å²) < 4.78 is 31.9. The molecule has 1 aliphatic heterocycles. The van der Waals surface area contributed by atoms with E-state index in [1.807, 2.05) is 42.5 Å². The Hall–Kier alpha value is -3.01. The van der Waals surface area contributed by atoms with Crippen LogP contribution in [0.4, 0.5) is 0 Å². The number of phenols is 1. The average molecular weight is 511 g/mol. The molecular weight excluding hydrogens is 476 g/mol. The summed E-state index contributed by atoms with van der Waals surface area (Å²) in [6.45, 7) is 2.02. The lowest BCUT2D eigenvalue weighted by Crippen LogP contribution is -2.45. The van der Waals surface area contributed by atoms with Crippen LogP contribution in [0.1, 0.15) is 36.2 Å². The highest BCUT2D eigenvalue weighted by molar-refractivity contribution is 7.88. The summed E-state index contributed by atoms with van der Waals surface area (Å²) in [5.74, 6) is 1.37. The number of methoxy groups -OCH3 is 1. The number of nitrogens with zero attached hydrogens (tertiary/aromatic N) is 3. The number of phenolic OH excluding ortho intramolecular Hbond substituents is 1. The van der Waals surface area contributed by atoms with Crippen molar-refractivity contribution in [3.05, 3.63) is 71.7 Å². The standard InChI is InChI=1S/C27H34N4O4S/c1-35-26-18-20(9-10-25(26)32)5-4-8-27-29-16-13-24(30-27)22-7-3-6-21(17-22)19-31(36(2,33)34)23-11-14-28-15-12-23/h3,6-7,9-10,13,16-18,23,28,32H,4-5,8,11-12,14-15,19H2,1-2H3. The zero-order chi connectivity index (χ0) is 25.5. The second kappa shape index (κ2) is 11.8. The predicted octanol–water partition coefficient (Wildman–Crippen LogP) is 3.55. The summed E-state index contributed by atoms with van der Waals surface area (Å²) >= 11 is 0. The summed E-state index contributed by atoms with van der Waals surface area (Å²) in [4.78, 5) is 9.20. The quantitative estimate of drug-likeness (QED) is 0.430. The van der Waals surface area contributed by atoms with Gasteiger partial charge in [0, 0.05) is 30.8 Å². The molecule has 3 aromatic rings. The highest BCUT2D eigenvalue weighted by Crippen LogP contribution is 2.27. The first-order valence-corrected chi connectivity index (χ1v) is 14.1. The third-order valence-electron chi connectivity index (χ3n) is 6.52. The van der Waals surface area contributed by atoms with Crippen molar-refractivity contribution in [3.8, 4) is 22.8 Å². The Morgan fingerprint density at radius 1 is 1.08 bits per heavy atom. The molecule has 4 rings (SSSR count). The van der Waals surface area contributed by atoms with Crippen molar-refractivity contribution in [2.24, 2.45) is 0 Å². The predicted molar refractivity (Wildman–Crippen MR) is 140 cm³/mol. The highest BCUT2D eigenvalue weighted by Gasteiger charge is 2.28. The monoisotopic (exact) mass is 510 g/mol. The summed E-state index contributed by atoms with van der Waals surface area (Å²) in [6, 6.07) is 15.2. The van der Waals surface area contributed by atoms with Crippen LogP contribution in [-0.4, -0.2) is 60.3 Å². The molecule has 0 unspecified atom stereocenters. The van der Waals surface area contributed by atoms with Crippen LogP contribution >= 0.6 is 0 Å². The van der Waals surface area contributed by atoms with Gasteiger partial charge in [0.25, 0.3) is 0 Å². The number of aromatic hydroxyl groups is 1. The Kier molecular flexibility index (Phi) is 8.56. The van der Waals surface area contributed by atoms with Crippen LogP contribution in [0.15, 0.2) is 54.7 Å². The Bertz CT molecular complexity index is 1280. The van der Waals surface area contributed by atoms with Gasteiger partial charge in [-0.15, -0.1) is 0 Å². The number of rotatable bonds is 10. The van der Waals surface area contributed by atoms with Gasteiger partial charge in [0.2, 0.25) is 10.0 Å². The van der Waals surface area contributed by atoms with Gasteiger partial charge in [-0.3, -0.25) is 0 Å². The lowest BCUT2D eigenvalue weighted by Gasteiger charge is -2.32. The third kappa shape index (κ3) is 6.81. The van der Waals surface area contributed by atoms with Crippen LogP contribution < -0.4 is 10.1 Å². The molecule has 0 bridgehead atoms. The molecule has 9 heteroatoms. The number of nitrogens with one attached hydrogen (secondary N) is 1. The molecule has 1 aliphatic rings. The maximum atomic E-state index is 12.6. The Morgan fingerprint density at radius 3 is 2.64 bits per heavy atom. The van der Waals surface area contributed by atoms with Gasteiger partial charge in [-0.1, -0.05) is 24.3 Å². The van der Waals surface area contributed by atoms with Gasteiger partial charge in [-0.05, 0) is 74.2 Å². The van der Waals surface area contributed by atoms with Crippen molar-refractivity contribution >= 4 is 10.0 Å². The van der Waals surface area contributed by atoms with Gasteiger partial charge in [-0.25, -0.2) is 18.4 Å². The number of benzene rings is 2. The summed E-state index contributed by atoms with van der Waals surface area (Å²) in [5, 5.41) is 13.1. The number of aryl methyl sites for hydroxylation is 2. The first-order valence-electron chi connectivity index (χ1n) is 12.3. The molecule has 0 spiro atoms. The SMILES string of the molecule is COc1cc(CCCc2nccc(-c3cccc(CN(C4CCNCC4)S(C)(=O)=O)c3)n2)ccc1O. The van der Waals surface area contributed by atoms with Gasteiger partial charge in [0.1, 0.15) is 5.82 Å². The van der Waals surface area contributed by atoms with E-state index in [-0.39, 0.29) is 11.8 Å². The van der Waals surface area contributed by atoms with Crippen LogP contribution in [0.3, 0.4) is 0 Å². The number of aromatic nitrogens is 2. The van der Waals surface area contributed by atoms with Crippen molar-refractivity contribution in [2.45, 2.75) is 44.7 Å². The highest BCUT2D eigenvalue weighted by atomic mass is 32.2. The molecule has 1 aromatic heterocycles. The molecule has 0 saturated carbocycles. The van der Waals surface area contributed by atoms with Crippen LogP contribution in [0.5, 0.6) is 11.5 Å². The summed E-state index contributed by atoms with van der Waals surface area (Å²) in [5.41, 5.74) is 3.79. The fraction of sp³-hybridized carbons (Fsp3) is 0.407. The lowest BCUT2D eigenvalue weighted by molar-refractivity contribution is 0.258. The maximum absolute atomic E-state index is 12.6. The van der Waals surface area contributed by atoms with E-state index in [4.69, 9.17) is 9.72 Å². The van der Waals surface area contributed by atoms with Crippen molar-refractivity contribution in [1.82, 2.24) is 19.6 Å². The minimum absolute atomic E-state index is 0.0177. The van der Waals surface area contributed by atoms with Crippen LogP contribution in [-0.2, 0) is 29.4 Å². The van der Waals surface area contributed by atoms with Crippen LogP contribution in [0.25, 0.3) is 11.3 Å². The molecular formula is C27H34N4O4S. The fourth-order valence-corrected chi connectivity index (χ4v) is 5.77. The maximum Gasteiger partial charge on any atom is 0.211 e. The first kappa shape index (κ1) is 26.1. The van der Waals surface area contributed by atoms with Crippen LogP contribution in [0, 0.1) is 0 Å². The lowest BCUT2D eigenvalue weighted by atomic mass is 10.0. The van der Waals surface area contributed by atoms with Gasteiger partial charge >= 0.3 is 0 Å². The Labute approximate surface area is 213 Å². The second-order valence-corrected chi connectivity index (χ2v) is 11.1. The van der Waals surface area contributed by atoms with E-state index in [1.54, 1.807) is 23.7 Å². The molecule has 1 saturated heterocycles. The third-order valence-corrected chi connectivity index (χ3v) is 7.80. The normalized spacial score (nSPS) is 14.8. The van der Waals surface area contributed by atoms with E-state index < -0.39 is 10.0 Å². The number of piperidine rings is 1. The van der Waals surface area contributed by atoms with Gasteiger partial charge < -0.3 is 15.2 Å². The largest absolute Gasteiger partial charge is 0.504 e. The van der Waals surface area contributed by atoms with Gasteiger partial charge in [0.15, 0.2) is 11.5 Å². The number of sulfonamides is 1. The van der Waals surface area contributed by atoms with E-state index in [2.05, 4.69) is 10.3 Å². The number of hydrogen-bond acceptors (Lipinski definition) is 7. The second-order valence-electron chi connectivity index (χ2n) is 9.21. The molecule has 1 fully saturated rings. The Balaban J connectivity index is 1.44. The van der Waals surface area contributed by atoms with Crippen LogP contribution in [0.2, 0.25) is 0 Å². The molecule has 0 atom stereocenters. The van der Waals surface area contributed by atoms with Crippen molar-refractivity contribution < 1.29 is 18.3 Å².